The molecule has 0 fully saturated rings. The van der Waals surface area contributed by atoms with Crippen LogP contribution in [0.2, 0.25) is 0 Å². The van der Waals surface area contributed by atoms with E-state index in [1.165, 1.54) is 6.07 Å². The smallest absolute Gasteiger partial charge is 0.243 e. The second-order valence-corrected chi connectivity index (χ2v) is 4.59. The molecule has 0 aliphatic rings. The average molecular weight is 308 g/mol. The summed E-state index contributed by atoms with van der Waals surface area (Å²) in [6.45, 7) is 4.59. The first-order valence-corrected chi connectivity index (χ1v) is 7.18. The molecule has 0 aliphatic heterocycles. The zero-order valence-electron chi connectivity index (χ0n) is 12.6. The average Bonchev–Trinajstić information content (AvgIpc) is 2.53. The predicted octanol–water partition coefficient (Wildman–Crippen LogP) is 2.77. The van der Waals surface area contributed by atoms with Crippen LogP contribution >= 0.6 is 0 Å². The molecule has 1 heterocycles. The van der Waals surface area contributed by atoms with Crippen molar-refractivity contribution < 1.29 is 13.5 Å². The molecule has 0 saturated heterocycles. The van der Waals surface area contributed by atoms with Crippen molar-refractivity contribution in [3.63, 3.8) is 0 Å². The molecule has 0 unspecified atom stereocenters. The molecule has 1 aromatic heterocycles. The van der Waals surface area contributed by atoms with Gasteiger partial charge in [-0.3, -0.25) is 0 Å². The SMILES string of the molecule is CCc1nnc(NCCOc2ccc(F)cc2F)nc1CC. The molecule has 7 heteroatoms. The van der Waals surface area contributed by atoms with E-state index in [1.54, 1.807) is 0 Å². The van der Waals surface area contributed by atoms with Gasteiger partial charge in [-0.25, -0.2) is 13.8 Å². The number of hydrogen-bond donors (Lipinski definition) is 1. The lowest BCUT2D eigenvalue weighted by Crippen LogP contribution is -2.15. The van der Waals surface area contributed by atoms with Gasteiger partial charge in [0.05, 0.1) is 17.9 Å². The Bertz CT molecular complexity index is 637. The van der Waals surface area contributed by atoms with E-state index in [-0.39, 0.29) is 12.4 Å². The molecule has 2 aromatic rings. The summed E-state index contributed by atoms with van der Waals surface area (Å²) < 4.78 is 31.4. The third-order valence-corrected chi connectivity index (χ3v) is 3.05. The summed E-state index contributed by atoms with van der Waals surface area (Å²) in [5, 5.41) is 11.1. The number of ether oxygens (including phenoxy) is 1. The fourth-order valence-corrected chi connectivity index (χ4v) is 1.93. The Hall–Kier alpha value is -2.31. The van der Waals surface area contributed by atoms with Crippen molar-refractivity contribution in [2.75, 3.05) is 18.5 Å². The topological polar surface area (TPSA) is 59.9 Å². The van der Waals surface area contributed by atoms with Gasteiger partial charge in [0.1, 0.15) is 12.4 Å². The van der Waals surface area contributed by atoms with Crippen molar-refractivity contribution in [2.24, 2.45) is 0 Å². The van der Waals surface area contributed by atoms with E-state index >= 15 is 0 Å². The van der Waals surface area contributed by atoms with Gasteiger partial charge in [-0.2, -0.15) is 5.10 Å². The van der Waals surface area contributed by atoms with Gasteiger partial charge < -0.3 is 10.1 Å². The van der Waals surface area contributed by atoms with E-state index < -0.39 is 11.6 Å². The third kappa shape index (κ3) is 4.09. The molecule has 0 amide bonds. The van der Waals surface area contributed by atoms with Gasteiger partial charge in [-0.1, -0.05) is 13.8 Å². The molecule has 0 bridgehead atoms. The Labute approximate surface area is 127 Å². The Morgan fingerprint density at radius 1 is 1.09 bits per heavy atom. The molecule has 1 N–H and O–H groups in total. The van der Waals surface area contributed by atoms with Crippen LogP contribution < -0.4 is 10.1 Å². The summed E-state index contributed by atoms with van der Waals surface area (Å²) in [6.07, 6.45) is 1.57. The molecule has 5 nitrogen and oxygen atoms in total. The summed E-state index contributed by atoms with van der Waals surface area (Å²) in [4.78, 5) is 4.37. The zero-order valence-corrected chi connectivity index (χ0v) is 12.6. The zero-order chi connectivity index (χ0) is 15.9. The van der Waals surface area contributed by atoms with Crippen molar-refractivity contribution in [2.45, 2.75) is 26.7 Å². The van der Waals surface area contributed by atoms with Crippen molar-refractivity contribution in [3.05, 3.63) is 41.2 Å². The number of aryl methyl sites for hydroxylation is 2. The van der Waals surface area contributed by atoms with Gasteiger partial charge in [-0.15, -0.1) is 5.10 Å². The molecular formula is C15H18F2N4O. The first-order valence-electron chi connectivity index (χ1n) is 7.18. The molecule has 0 aliphatic carbocycles. The van der Waals surface area contributed by atoms with Gasteiger partial charge in [0.25, 0.3) is 0 Å². The van der Waals surface area contributed by atoms with Gasteiger partial charge >= 0.3 is 0 Å². The lowest BCUT2D eigenvalue weighted by Gasteiger charge is -2.09. The summed E-state index contributed by atoms with van der Waals surface area (Å²) in [7, 11) is 0. The predicted molar refractivity (Wildman–Crippen MR) is 78.9 cm³/mol. The number of anilines is 1. The van der Waals surface area contributed by atoms with E-state index in [4.69, 9.17) is 4.74 Å². The molecule has 2 rings (SSSR count). The van der Waals surface area contributed by atoms with E-state index in [0.717, 1.165) is 36.4 Å². The standard InChI is InChI=1S/C15H18F2N4O/c1-3-12-13(4-2)20-21-15(19-12)18-7-8-22-14-6-5-10(16)9-11(14)17/h5-6,9H,3-4,7-8H2,1-2H3,(H,18,19,21). The molecule has 0 spiro atoms. The minimum absolute atomic E-state index is 0.0119. The van der Waals surface area contributed by atoms with E-state index in [2.05, 4.69) is 20.5 Å². The van der Waals surface area contributed by atoms with Crippen LogP contribution in [0.1, 0.15) is 25.2 Å². The van der Waals surface area contributed by atoms with E-state index in [0.29, 0.717) is 12.5 Å². The van der Waals surface area contributed by atoms with Crippen LogP contribution in [-0.4, -0.2) is 28.3 Å². The summed E-state index contributed by atoms with van der Waals surface area (Å²) in [5.41, 5.74) is 1.79. The van der Waals surface area contributed by atoms with Gasteiger partial charge in [0.15, 0.2) is 11.6 Å². The van der Waals surface area contributed by atoms with Gasteiger partial charge in [-0.05, 0) is 25.0 Å². The number of benzene rings is 1. The summed E-state index contributed by atoms with van der Waals surface area (Å²) in [6, 6.07) is 3.19. The lowest BCUT2D eigenvalue weighted by molar-refractivity contribution is 0.313. The van der Waals surface area contributed by atoms with E-state index in [1.807, 2.05) is 13.8 Å². The van der Waals surface area contributed by atoms with E-state index in [9.17, 15) is 8.78 Å². The quantitative estimate of drug-likeness (QED) is 0.797. The fraction of sp³-hybridized carbons (Fsp3) is 0.400. The van der Waals surface area contributed by atoms with Crippen LogP contribution in [0.25, 0.3) is 0 Å². The Kier molecular flexibility index (Phi) is 5.57. The van der Waals surface area contributed by atoms with Crippen LogP contribution in [0.5, 0.6) is 5.75 Å². The summed E-state index contributed by atoms with van der Waals surface area (Å²) >= 11 is 0. The molecule has 22 heavy (non-hydrogen) atoms. The maximum absolute atomic E-state index is 13.4. The molecule has 0 radical (unpaired) electrons. The Morgan fingerprint density at radius 3 is 2.55 bits per heavy atom. The maximum Gasteiger partial charge on any atom is 0.243 e. The minimum atomic E-state index is -0.724. The van der Waals surface area contributed by atoms with Gasteiger partial charge in [0.2, 0.25) is 5.95 Å². The largest absolute Gasteiger partial charge is 0.489 e. The Morgan fingerprint density at radius 2 is 1.86 bits per heavy atom. The Balaban J connectivity index is 1.86. The summed E-state index contributed by atoms with van der Waals surface area (Å²) in [5.74, 6) is -0.931. The highest BCUT2D eigenvalue weighted by molar-refractivity contribution is 5.27. The van der Waals surface area contributed by atoms with Crippen molar-refractivity contribution in [1.82, 2.24) is 15.2 Å². The van der Waals surface area contributed by atoms with Crippen molar-refractivity contribution in [3.8, 4) is 5.75 Å². The highest BCUT2D eigenvalue weighted by atomic mass is 19.1. The molecule has 0 atom stereocenters. The van der Waals surface area contributed by atoms with Crippen molar-refractivity contribution >= 4 is 5.95 Å². The first kappa shape index (κ1) is 16.1. The van der Waals surface area contributed by atoms with Crippen LogP contribution in [0.15, 0.2) is 18.2 Å². The van der Waals surface area contributed by atoms with Crippen LogP contribution in [0.4, 0.5) is 14.7 Å². The second-order valence-electron chi connectivity index (χ2n) is 4.59. The molecule has 0 saturated carbocycles. The first-order chi connectivity index (χ1) is 10.6. The number of nitrogens with one attached hydrogen (secondary N) is 1. The number of aromatic nitrogens is 3. The normalized spacial score (nSPS) is 10.5. The lowest BCUT2D eigenvalue weighted by atomic mass is 10.2. The van der Waals surface area contributed by atoms with Crippen LogP contribution in [0, 0.1) is 11.6 Å². The fourth-order valence-electron chi connectivity index (χ4n) is 1.93. The number of halogens is 2. The van der Waals surface area contributed by atoms with Crippen LogP contribution in [0.3, 0.4) is 0 Å². The van der Waals surface area contributed by atoms with Crippen molar-refractivity contribution in [1.29, 1.82) is 0 Å². The van der Waals surface area contributed by atoms with Gasteiger partial charge in [0, 0.05) is 6.07 Å². The highest BCUT2D eigenvalue weighted by Crippen LogP contribution is 2.17. The number of nitrogens with zero attached hydrogens (tertiary/aromatic N) is 3. The highest BCUT2D eigenvalue weighted by Gasteiger charge is 2.07. The van der Waals surface area contributed by atoms with Crippen LogP contribution in [-0.2, 0) is 12.8 Å². The molecule has 1 aromatic carbocycles. The maximum atomic E-state index is 13.4. The second kappa shape index (κ2) is 7.63. The monoisotopic (exact) mass is 308 g/mol. The third-order valence-electron chi connectivity index (χ3n) is 3.05. The molecule has 118 valence electrons. The minimum Gasteiger partial charge on any atom is -0.489 e. The molecular weight excluding hydrogens is 290 g/mol. The number of rotatable bonds is 7. The number of hydrogen-bond acceptors (Lipinski definition) is 5.